The molecule has 3 aromatic rings. The van der Waals surface area contributed by atoms with Crippen LogP contribution in [0.1, 0.15) is 16.7 Å². The molecule has 4 nitrogen and oxygen atoms in total. The maximum atomic E-state index is 13.4. The highest BCUT2D eigenvalue weighted by atomic mass is 127. The lowest BCUT2D eigenvalue weighted by molar-refractivity contribution is -0.129. The summed E-state index contributed by atoms with van der Waals surface area (Å²) in [4.78, 5) is 16.7. The van der Waals surface area contributed by atoms with Crippen molar-refractivity contribution in [3.63, 3.8) is 0 Å². The van der Waals surface area contributed by atoms with E-state index < -0.39 is 5.97 Å². The fourth-order valence-corrected chi connectivity index (χ4v) is 3.54. The zero-order valence-corrected chi connectivity index (χ0v) is 18.4. The Labute approximate surface area is 191 Å². The number of carbonyl (C=O) groups excluding carboxylic acids is 1. The van der Waals surface area contributed by atoms with Gasteiger partial charge >= 0.3 is 5.97 Å². The number of para-hydroxylation sites is 1. The first-order valence-corrected chi connectivity index (χ1v) is 10.4. The van der Waals surface area contributed by atoms with Crippen molar-refractivity contribution in [3.05, 3.63) is 104 Å². The molecule has 0 bridgehead atoms. The molecule has 3 aromatic carbocycles. The van der Waals surface area contributed by atoms with Crippen LogP contribution in [0.15, 0.2) is 77.4 Å². The number of ether oxygens (including phenoxy) is 2. The average molecular weight is 534 g/mol. The number of halogens is 3. The van der Waals surface area contributed by atoms with Gasteiger partial charge in [0.2, 0.25) is 5.90 Å². The third-order valence-electron chi connectivity index (χ3n) is 4.27. The lowest BCUT2D eigenvalue weighted by Crippen LogP contribution is -2.06. The molecule has 150 valence electrons. The van der Waals surface area contributed by atoms with Crippen LogP contribution in [0.5, 0.6) is 5.75 Å². The fourth-order valence-electron chi connectivity index (χ4n) is 2.85. The highest BCUT2D eigenvalue weighted by Gasteiger charge is 2.26. The highest BCUT2D eigenvalue weighted by Crippen LogP contribution is 2.28. The smallest absolute Gasteiger partial charge is 0.363 e. The summed E-state index contributed by atoms with van der Waals surface area (Å²) in [6, 6.07) is 18.8. The summed E-state index contributed by atoms with van der Waals surface area (Å²) >= 11 is 8.38. The Kier molecular flexibility index (Phi) is 6.15. The van der Waals surface area contributed by atoms with Crippen molar-refractivity contribution in [2.45, 2.75) is 6.61 Å². The minimum Gasteiger partial charge on any atom is -0.488 e. The molecule has 0 unspecified atom stereocenters. The number of esters is 1. The molecule has 0 fully saturated rings. The van der Waals surface area contributed by atoms with Crippen LogP contribution in [0.2, 0.25) is 5.02 Å². The van der Waals surface area contributed by atoms with Crippen LogP contribution in [-0.4, -0.2) is 11.9 Å². The second kappa shape index (κ2) is 8.97. The summed E-state index contributed by atoms with van der Waals surface area (Å²) in [5, 5.41) is 0.446. The summed E-state index contributed by atoms with van der Waals surface area (Å²) in [7, 11) is 0. The van der Waals surface area contributed by atoms with Gasteiger partial charge in [0.15, 0.2) is 5.70 Å². The molecule has 0 radical (unpaired) electrons. The SMILES string of the molecule is O=C1OC(c2cc(I)ccc2Cl)=N/C1=C\c1ccccc1OCc1cccc(F)c1. The molecule has 7 heteroatoms. The maximum Gasteiger partial charge on any atom is 0.363 e. The number of benzene rings is 3. The van der Waals surface area contributed by atoms with Gasteiger partial charge in [-0.2, -0.15) is 0 Å². The van der Waals surface area contributed by atoms with Gasteiger partial charge in [0, 0.05) is 9.13 Å². The van der Waals surface area contributed by atoms with Gasteiger partial charge < -0.3 is 9.47 Å². The lowest BCUT2D eigenvalue weighted by Gasteiger charge is -2.09. The number of cyclic esters (lactones) is 1. The predicted molar refractivity (Wildman–Crippen MR) is 122 cm³/mol. The molecule has 30 heavy (non-hydrogen) atoms. The maximum absolute atomic E-state index is 13.4. The second-order valence-corrected chi connectivity index (χ2v) is 8.07. The topological polar surface area (TPSA) is 47.9 Å². The third kappa shape index (κ3) is 4.71. The van der Waals surface area contributed by atoms with Crippen LogP contribution >= 0.6 is 34.2 Å². The standard InChI is InChI=1S/C23H14ClFINO3/c24-19-9-8-17(26)12-18(19)22-27-20(23(28)30-22)11-15-5-1-2-7-21(15)29-13-14-4-3-6-16(25)10-14/h1-12H,13H2/b20-11-. The number of aliphatic imine (C=N–C) groups is 1. The van der Waals surface area contributed by atoms with E-state index >= 15 is 0 Å². The monoisotopic (exact) mass is 533 g/mol. The molecule has 0 N–H and O–H groups in total. The first-order valence-electron chi connectivity index (χ1n) is 8.94. The van der Waals surface area contributed by atoms with E-state index in [-0.39, 0.29) is 24.0 Å². The Balaban J connectivity index is 1.61. The summed E-state index contributed by atoms with van der Waals surface area (Å²) in [5.41, 5.74) is 2.05. The van der Waals surface area contributed by atoms with E-state index in [4.69, 9.17) is 21.1 Å². The molecule has 0 saturated heterocycles. The zero-order valence-electron chi connectivity index (χ0n) is 15.4. The van der Waals surface area contributed by atoms with E-state index in [1.807, 2.05) is 18.2 Å². The normalized spacial score (nSPS) is 14.6. The molecular formula is C23H14ClFINO3. The first kappa shape index (κ1) is 20.6. The molecule has 1 aliphatic rings. The van der Waals surface area contributed by atoms with E-state index in [0.717, 1.165) is 3.57 Å². The Morgan fingerprint density at radius 3 is 2.77 bits per heavy atom. The molecular weight excluding hydrogens is 520 g/mol. The number of carbonyl (C=O) groups is 1. The summed E-state index contributed by atoms with van der Waals surface area (Å²) in [6.07, 6.45) is 1.60. The number of hydrogen-bond donors (Lipinski definition) is 0. The van der Waals surface area contributed by atoms with Gasteiger partial charge in [0.25, 0.3) is 0 Å². The summed E-state index contributed by atoms with van der Waals surface area (Å²) in [5.74, 6) is -0.193. The van der Waals surface area contributed by atoms with Gasteiger partial charge in [0.1, 0.15) is 18.2 Å². The summed E-state index contributed by atoms with van der Waals surface area (Å²) < 4.78 is 25.5. The van der Waals surface area contributed by atoms with E-state index in [1.54, 1.807) is 42.5 Å². The summed E-state index contributed by atoms with van der Waals surface area (Å²) in [6.45, 7) is 0.189. The van der Waals surface area contributed by atoms with Crippen molar-refractivity contribution in [2.75, 3.05) is 0 Å². The minimum absolute atomic E-state index is 0.140. The van der Waals surface area contributed by atoms with E-state index in [9.17, 15) is 9.18 Å². The van der Waals surface area contributed by atoms with E-state index in [1.165, 1.54) is 12.1 Å². The Hall–Kier alpha value is -2.71. The van der Waals surface area contributed by atoms with Crippen molar-refractivity contribution in [1.82, 2.24) is 0 Å². The number of rotatable bonds is 5. The predicted octanol–water partition coefficient (Wildman–Crippen LogP) is 6.01. The third-order valence-corrected chi connectivity index (χ3v) is 5.27. The van der Waals surface area contributed by atoms with Crippen molar-refractivity contribution in [1.29, 1.82) is 0 Å². The largest absolute Gasteiger partial charge is 0.488 e. The van der Waals surface area contributed by atoms with Crippen molar-refractivity contribution in [3.8, 4) is 5.75 Å². The van der Waals surface area contributed by atoms with Crippen LogP contribution in [0.25, 0.3) is 6.08 Å². The number of nitrogens with zero attached hydrogens (tertiary/aromatic N) is 1. The van der Waals surface area contributed by atoms with Gasteiger partial charge in [-0.15, -0.1) is 0 Å². The van der Waals surface area contributed by atoms with Gasteiger partial charge in [-0.3, -0.25) is 0 Å². The molecule has 0 spiro atoms. The molecule has 0 atom stereocenters. The van der Waals surface area contributed by atoms with Gasteiger partial charge in [-0.05, 0) is 70.6 Å². The van der Waals surface area contributed by atoms with Gasteiger partial charge in [-0.25, -0.2) is 14.2 Å². The second-order valence-electron chi connectivity index (χ2n) is 6.42. The fraction of sp³-hybridized carbons (Fsp3) is 0.0435. The highest BCUT2D eigenvalue weighted by molar-refractivity contribution is 14.1. The Morgan fingerprint density at radius 2 is 1.93 bits per heavy atom. The molecule has 4 rings (SSSR count). The first-order chi connectivity index (χ1) is 14.5. The van der Waals surface area contributed by atoms with Crippen LogP contribution in [0.4, 0.5) is 4.39 Å². The zero-order chi connectivity index (χ0) is 21.1. The quantitative estimate of drug-likeness (QED) is 0.229. The van der Waals surface area contributed by atoms with E-state index in [0.29, 0.717) is 27.5 Å². The lowest BCUT2D eigenvalue weighted by atomic mass is 10.1. The van der Waals surface area contributed by atoms with Gasteiger partial charge in [-0.1, -0.05) is 41.9 Å². The molecule has 0 saturated carbocycles. The van der Waals surface area contributed by atoms with Crippen LogP contribution in [0, 0.1) is 9.39 Å². The van der Waals surface area contributed by atoms with Crippen LogP contribution < -0.4 is 4.74 Å². The van der Waals surface area contributed by atoms with Crippen molar-refractivity contribution in [2.24, 2.45) is 4.99 Å². The van der Waals surface area contributed by atoms with Crippen molar-refractivity contribution < 1.29 is 18.7 Å². The van der Waals surface area contributed by atoms with Crippen LogP contribution in [0.3, 0.4) is 0 Å². The van der Waals surface area contributed by atoms with E-state index in [2.05, 4.69) is 27.6 Å². The van der Waals surface area contributed by atoms with Gasteiger partial charge in [0.05, 0.1) is 10.6 Å². The minimum atomic E-state index is -0.570. The molecule has 0 amide bonds. The molecule has 0 aliphatic carbocycles. The van der Waals surface area contributed by atoms with Crippen LogP contribution in [-0.2, 0) is 16.1 Å². The van der Waals surface area contributed by atoms with Crippen molar-refractivity contribution >= 4 is 52.1 Å². The molecule has 0 aromatic heterocycles. The molecule has 1 aliphatic heterocycles. The number of hydrogen-bond acceptors (Lipinski definition) is 4. The Bertz CT molecular complexity index is 1190. The Morgan fingerprint density at radius 1 is 1.10 bits per heavy atom. The average Bonchev–Trinajstić information content (AvgIpc) is 3.09. The molecule has 1 heterocycles.